The molecule has 0 unspecified atom stereocenters. The summed E-state index contributed by atoms with van der Waals surface area (Å²) in [5, 5.41) is 14.1. The Balaban J connectivity index is 2.05. The fraction of sp³-hybridized carbons (Fsp3) is 0.368. The molecule has 2 N–H and O–H groups in total. The molecule has 3 nitrogen and oxygen atoms in total. The number of fused-ring (bicyclic) bond motifs is 3. The molecule has 3 rings (SSSR count). The number of aromatic nitrogens is 1. The third-order valence-electron chi connectivity index (χ3n) is 4.71. The Morgan fingerprint density at radius 3 is 1.92 bits per heavy atom. The first kappa shape index (κ1) is 17.6. The van der Waals surface area contributed by atoms with Crippen LogP contribution in [0.5, 0.6) is 0 Å². The second kappa shape index (κ2) is 7.32. The lowest BCUT2D eigenvalue weighted by Gasteiger charge is -2.20. The zero-order valence-corrected chi connectivity index (χ0v) is 15.5. The van der Waals surface area contributed by atoms with Crippen LogP contribution < -0.4 is 4.90 Å². The fourth-order valence-corrected chi connectivity index (χ4v) is 3.74. The number of aliphatic hydroxyl groups excluding tert-OH is 1. The largest absolute Gasteiger partial charge is 0.385 e. The van der Waals surface area contributed by atoms with E-state index in [0.717, 1.165) is 41.4 Å². The van der Waals surface area contributed by atoms with Gasteiger partial charge in [-0.1, -0.05) is 23.2 Å². The number of nitrogens with zero attached hydrogens (tertiary/aromatic N) is 1. The van der Waals surface area contributed by atoms with Crippen LogP contribution in [0.1, 0.15) is 13.8 Å². The smallest absolute Gasteiger partial charge is 0.121 e. The van der Waals surface area contributed by atoms with Gasteiger partial charge >= 0.3 is 0 Å². The Labute approximate surface area is 152 Å². The van der Waals surface area contributed by atoms with Crippen LogP contribution in [0.4, 0.5) is 0 Å². The summed E-state index contributed by atoms with van der Waals surface area (Å²) in [4.78, 5) is 1.40. The summed E-state index contributed by atoms with van der Waals surface area (Å²) in [6.07, 6.45) is -0.398. The summed E-state index contributed by atoms with van der Waals surface area (Å²) in [7, 11) is 0. The number of hydrogen-bond donors (Lipinski definition) is 2. The molecule has 0 aliphatic carbocycles. The molecule has 3 aromatic rings. The van der Waals surface area contributed by atoms with E-state index in [0.29, 0.717) is 16.6 Å². The molecule has 5 heteroatoms. The van der Waals surface area contributed by atoms with Gasteiger partial charge in [-0.15, -0.1) is 0 Å². The van der Waals surface area contributed by atoms with Crippen molar-refractivity contribution in [1.82, 2.24) is 4.57 Å². The molecular formula is C19H23Cl2N2O+. The summed E-state index contributed by atoms with van der Waals surface area (Å²) < 4.78 is 2.17. The molecule has 2 aromatic carbocycles. The van der Waals surface area contributed by atoms with E-state index >= 15 is 0 Å². The zero-order valence-electron chi connectivity index (χ0n) is 14.0. The highest BCUT2D eigenvalue weighted by atomic mass is 35.5. The van der Waals surface area contributed by atoms with Gasteiger partial charge in [-0.05, 0) is 50.2 Å². The Bertz CT molecular complexity index is 796. The number of quaternary nitrogens is 1. The number of halogens is 2. The van der Waals surface area contributed by atoms with Crippen LogP contribution in [0.2, 0.25) is 10.0 Å². The topological polar surface area (TPSA) is 29.6 Å². The minimum absolute atomic E-state index is 0.398. The molecule has 128 valence electrons. The molecule has 0 amide bonds. The highest BCUT2D eigenvalue weighted by Crippen LogP contribution is 2.32. The monoisotopic (exact) mass is 365 g/mol. The first-order valence-electron chi connectivity index (χ1n) is 8.42. The Hall–Kier alpha value is -1.26. The lowest BCUT2D eigenvalue weighted by molar-refractivity contribution is -0.899. The first-order chi connectivity index (χ1) is 11.5. The molecule has 0 fully saturated rings. The normalized spacial score (nSPS) is 13.2. The fourth-order valence-electron chi connectivity index (χ4n) is 3.39. The average Bonchev–Trinajstić information content (AvgIpc) is 2.85. The van der Waals surface area contributed by atoms with Gasteiger partial charge < -0.3 is 14.6 Å². The van der Waals surface area contributed by atoms with Crippen LogP contribution in [0.15, 0.2) is 36.4 Å². The van der Waals surface area contributed by atoms with Gasteiger partial charge in [0.1, 0.15) is 12.6 Å². The van der Waals surface area contributed by atoms with Gasteiger partial charge in [-0.2, -0.15) is 0 Å². The van der Waals surface area contributed by atoms with Crippen molar-refractivity contribution in [3.8, 4) is 0 Å². The molecular weight excluding hydrogens is 343 g/mol. The number of rotatable bonds is 6. The van der Waals surface area contributed by atoms with Crippen LogP contribution in [-0.4, -0.2) is 35.4 Å². The lowest BCUT2D eigenvalue weighted by Crippen LogP contribution is -3.12. The van der Waals surface area contributed by atoms with Crippen molar-refractivity contribution in [3.05, 3.63) is 46.4 Å². The van der Waals surface area contributed by atoms with Crippen LogP contribution >= 0.6 is 23.2 Å². The van der Waals surface area contributed by atoms with Gasteiger partial charge in [-0.3, -0.25) is 0 Å². The van der Waals surface area contributed by atoms with Gasteiger partial charge in [-0.25, -0.2) is 0 Å². The summed E-state index contributed by atoms with van der Waals surface area (Å²) in [6, 6.07) is 11.7. The van der Waals surface area contributed by atoms with E-state index in [4.69, 9.17) is 23.2 Å². The molecule has 24 heavy (non-hydrogen) atoms. The third-order valence-corrected chi connectivity index (χ3v) is 5.18. The maximum atomic E-state index is 10.6. The first-order valence-corrected chi connectivity index (χ1v) is 9.17. The quantitative estimate of drug-likeness (QED) is 0.688. The molecule has 0 radical (unpaired) electrons. The molecule has 1 heterocycles. The molecule has 0 aliphatic rings. The van der Waals surface area contributed by atoms with E-state index in [9.17, 15) is 5.11 Å². The summed E-state index contributed by atoms with van der Waals surface area (Å²) in [5.74, 6) is 0. The van der Waals surface area contributed by atoms with Gasteiger partial charge in [0.25, 0.3) is 0 Å². The maximum Gasteiger partial charge on any atom is 0.121 e. The minimum Gasteiger partial charge on any atom is -0.385 e. The predicted molar refractivity (Wildman–Crippen MR) is 102 cm³/mol. The molecule has 0 spiro atoms. The van der Waals surface area contributed by atoms with Crippen LogP contribution in [0.25, 0.3) is 21.8 Å². The molecule has 0 bridgehead atoms. The van der Waals surface area contributed by atoms with Crippen LogP contribution in [0.3, 0.4) is 0 Å². The van der Waals surface area contributed by atoms with Crippen molar-refractivity contribution >= 4 is 45.0 Å². The van der Waals surface area contributed by atoms with Crippen molar-refractivity contribution < 1.29 is 10.0 Å². The molecule has 0 aliphatic heterocycles. The van der Waals surface area contributed by atoms with E-state index < -0.39 is 6.10 Å². The van der Waals surface area contributed by atoms with Gasteiger partial charge in [0.05, 0.1) is 19.6 Å². The van der Waals surface area contributed by atoms with E-state index in [-0.39, 0.29) is 0 Å². The van der Waals surface area contributed by atoms with E-state index in [1.54, 1.807) is 0 Å². The highest BCUT2D eigenvalue weighted by molar-refractivity contribution is 6.33. The molecule has 1 atom stereocenters. The summed E-state index contributed by atoms with van der Waals surface area (Å²) >= 11 is 12.4. The van der Waals surface area contributed by atoms with Gasteiger partial charge in [0, 0.05) is 31.9 Å². The minimum atomic E-state index is -0.398. The number of likely N-dealkylation sites (N-methyl/N-ethyl adjacent to an activating group) is 1. The van der Waals surface area contributed by atoms with Crippen molar-refractivity contribution in [2.75, 3.05) is 19.6 Å². The summed E-state index contributed by atoms with van der Waals surface area (Å²) in [6.45, 7) is 7.64. The van der Waals surface area contributed by atoms with E-state index in [1.165, 1.54) is 4.90 Å². The third kappa shape index (κ3) is 3.40. The number of aliphatic hydroxyl groups is 1. The number of hydrogen-bond acceptors (Lipinski definition) is 1. The summed E-state index contributed by atoms with van der Waals surface area (Å²) in [5.41, 5.74) is 2.15. The van der Waals surface area contributed by atoms with Crippen LogP contribution in [-0.2, 0) is 6.54 Å². The molecule has 0 saturated heterocycles. The van der Waals surface area contributed by atoms with Crippen molar-refractivity contribution in [3.63, 3.8) is 0 Å². The maximum absolute atomic E-state index is 10.6. The molecule has 1 aromatic heterocycles. The van der Waals surface area contributed by atoms with Crippen molar-refractivity contribution in [1.29, 1.82) is 0 Å². The average molecular weight is 366 g/mol. The Morgan fingerprint density at radius 1 is 0.958 bits per heavy atom. The Morgan fingerprint density at radius 2 is 1.46 bits per heavy atom. The van der Waals surface area contributed by atoms with Gasteiger partial charge in [0.2, 0.25) is 0 Å². The zero-order chi connectivity index (χ0) is 17.3. The second-order valence-electron chi connectivity index (χ2n) is 6.25. The van der Waals surface area contributed by atoms with E-state index in [1.807, 2.05) is 36.4 Å². The van der Waals surface area contributed by atoms with Gasteiger partial charge in [0.15, 0.2) is 0 Å². The molecule has 0 saturated carbocycles. The van der Waals surface area contributed by atoms with E-state index in [2.05, 4.69) is 18.4 Å². The number of benzene rings is 2. The highest BCUT2D eigenvalue weighted by Gasteiger charge is 2.17. The van der Waals surface area contributed by atoms with Crippen molar-refractivity contribution in [2.24, 2.45) is 0 Å². The van der Waals surface area contributed by atoms with Crippen molar-refractivity contribution in [2.45, 2.75) is 26.5 Å². The number of nitrogens with one attached hydrogen (secondary N) is 1. The Kier molecular flexibility index (Phi) is 5.36. The SMILES string of the molecule is CC[NH+](CC)C[C@H](O)Cn1c2ccc(Cl)cc2c2cc(Cl)ccc21. The second-order valence-corrected chi connectivity index (χ2v) is 7.12. The van der Waals surface area contributed by atoms with Crippen LogP contribution in [0, 0.1) is 0 Å². The standard InChI is InChI=1S/C19H22Cl2N2O/c1-3-22(4-2)11-15(24)12-23-18-7-5-13(20)9-16(18)17-10-14(21)6-8-19(17)23/h5-10,15,24H,3-4,11-12H2,1-2H3/p+1/t15-/m0/s1. The lowest BCUT2D eigenvalue weighted by atomic mass is 10.1. The predicted octanol–water partition coefficient (Wildman–Crippen LogP) is 3.39.